The standard InChI is InChI=1S/C19H14N2O4S2/c1-25-16-8-3-2-5-13(16)10-17-18(22)20-15(11-26-19(20)27-17)12-6-4-7-14(9-12)21(23)24/h2-11,23H,1H3/b17-10-. The number of carbonyl (C=O) groups excluding carboxylic acids is 1. The minimum Gasteiger partial charge on any atom is -0.733 e. The molecule has 0 bridgehead atoms. The molecule has 4 rings (SSSR count). The second-order valence-corrected chi connectivity index (χ2v) is 7.85. The van der Waals surface area contributed by atoms with Crippen LogP contribution in [0.4, 0.5) is 5.69 Å². The molecule has 2 aromatic carbocycles. The zero-order valence-corrected chi connectivity index (χ0v) is 15.8. The van der Waals surface area contributed by atoms with E-state index < -0.39 is 0 Å². The fourth-order valence-electron chi connectivity index (χ4n) is 2.82. The summed E-state index contributed by atoms with van der Waals surface area (Å²) in [6.45, 7) is 0. The Labute approximate surface area is 163 Å². The molecule has 0 amide bonds. The van der Waals surface area contributed by atoms with Gasteiger partial charge in [0, 0.05) is 22.9 Å². The van der Waals surface area contributed by atoms with E-state index in [0.29, 0.717) is 21.9 Å². The van der Waals surface area contributed by atoms with Gasteiger partial charge in [0.15, 0.2) is 0 Å². The molecule has 3 aromatic rings. The third-order valence-electron chi connectivity index (χ3n) is 4.09. The lowest BCUT2D eigenvalue weighted by Gasteiger charge is -2.21. The molecule has 6 nitrogen and oxygen atoms in total. The summed E-state index contributed by atoms with van der Waals surface area (Å²) in [6, 6.07) is 14.0. The highest BCUT2D eigenvalue weighted by Crippen LogP contribution is 2.39. The number of thiazole rings is 1. The summed E-state index contributed by atoms with van der Waals surface area (Å²) in [7, 11) is 1.60. The molecule has 1 aliphatic heterocycles. The van der Waals surface area contributed by atoms with Gasteiger partial charge in [-0.2, -0.15) is 0 Å². The van der Waals surface area contributed by atoms with E-state index in [9.17, 15) is 10.0 Å². The molecule has 0 aliphatic carbocycles. The Morgan fingerprint density at radius 1 is 1.22 bits per heavy atom. The molecule has 27 heavy (non-hydrogen) atoms. The number of rotatable bonds is 4. The summed E-state index contributed by atoms with van der Waals surface area (Å²) in [5.74, 6) is 0.565. The van der Waals surface area contributed by atoms with Crippen LogP contribution >= 0.6 is 23.1 Å². The molecule has 0 radical (unpaired) electrons. The first kappa shape index (κ1) is 17.7. The van der Waals surface area contributed by atoms with Gasteiger partial charge in [-0.1, -0.05) is 35.6 Å². The smallest absolute Gasteiger partial charge is 0.433 e. The van der Waals surface area contributed by atoms with E-state index >= 15 is 0 Å². The highest BCUT2D eigenvalue weighted by atomic mass is 32.2. The Morgan fingerprint density at radius 3 is 2.81 bits per heavy atom. The van der Waals surface area contributed by atoms with Crippen molar-refractivity contribution in [2.24, 2.45) is 0 Å². The van der Waals surface area contributed by atoms with Crippen LogP contribution in [0.5, 0.6) is 5.75 Å². The fraction of sp³-hybridized carbons (Fsp3) is 0.0526. The van der Waals surface area contributed by atoms with Gasteiger partial charge in [-0.25, -0.2) is 4.79 Å². The highest BCUT2D eigenvalue weighted by Gasteiger charge is 2.40. The van der Waals surface area contributed by atoms with Crippen LogP contribution in [0.3, 0.4) is 0 Å². The van der Waals surface area contributed by atoms with Crippen LogP contribution in [0.25, 0.3) is 17.3 Å². The number of nitrogens with zero attached hydrogens (tertiary/aromatic N) is 2. The van der Waals surface area contributed by atoms with Crippen molar-refractivity contribution in [2.45, 2.75) is 4.34 Å². The van der Waals surface area contributed by atoms with Crippen LogP contribution in [0.1, 0.15) is 10.4 Å². The van der Waals surface area contributed by atoms with E-state index in [1.807, 2.05) is 35.7 Å². The van der Waals surface area contributed by atoms with Gasteiger partial charge in [0.1, 0.15) is 10.7 Å². The maximum atomic E-state index is 13.0. The summed E-state index contributed by atoms with van der Waals surface area (Å²) in [5.41, 5.74) is 2.30. The summed E-state index contributed by atoms with van der Waals surface area (Å²) in [6.07, 6.45) is 1.82. The molecule has 8 heteroatoms. The minimum atomic E-state index is -0.190. The van der Waals surface area contributed by atoms with E-state index in [-0.39, 0.29) is 16.8 Å². The van der Waals surface area contributed by atoms with E-state index in [1.54, 1.807) is 29.9 Å². The number of benzene rings is 2. The van der Waals surface area contributed by atoms with Crippen molar-refractivity contribution in [1.82, 2.24) is 0 Å². The van der Waals surface area contributed by atoms with Gasteiger partial charge in [-0.15, -0.1) is 4.57 Å². The predicted molar refractivity (Wildman–Crippen MR) is 105 cm³/mol. The van der Waals surface area contributed by atoms with Crippen molar-refractivity contribution in [1.29, 1.82) is 0 Å². The second-order valence-electron chi connectivity index (χ2n) is 5.70. The monoisotopic (exact) mass is 398 g/mol. The van der Waals surface area contributed by atoms with Crippen molar-refractivity contribution < 1.29 is 19.3 Å². The Hall–Kier alpha value is -2.65. The number of carbonyl (C=O) groups is 1. The first-order valence-electron chi connectivity index (χ1n) is 7.96. The lowest BCUT2D eigenvalue weighted by atomic mass is 10.1. The summed E-state index contributed by atoms with van der Waals surface area (Å²) in [4.78, 5) is 13.6. The maximum Gasteiger partial charge on any atom is 0.433 e. The highest BCUT2D eigenvalue weighted by molar-refractivity contribution is 8.05. The molecule has 0 unspecified atom stereocenters. The number of aromatic nitrogens is 1. The van der Waals surface area contributed by atoms with Crippen LogP contribution < -0.4 is 14.5 Å². The van der Waals surface area contributed by atoms with Crippen LogP contribution in [-0.2, 0) is 0 Å². The molecule has 0 spiro atoms. The van der Waals surface area contributed by atoms with Gasteiger partial charge >= 0.3 is 10.2 Å². The van der Waals surface area contributed by atoms with Gasteiger partial charge in [-0.05, 0) is 30.3 Å². The topological polar surface area (TPSA) is 76.7 Å². The zero-order chi connectivity index (χ0) is 19.0. The number of methoxy groups -OCH3 is 1. The molecule has 0 saturated carbocycles. The first-order chi connectivity index (χ1) is 13.1. The van der Waals surface area contributed by atoms with Crippen molar-refractivity contribution in [3.63, 3.8) is 0 Å². The Bertz CT molecular complexity index is 1060. The molecule has 136 valence electrons. The summed E-state index contributed by atoms with van der Waals surface area (Å²) < 4.78 is 7.82. The average molecular weight is 398 g/mol. The van der Waals surface area contributed by atoms with Gasteiger partial charge in [0.05, 0.1) is 18.2 Å². The third kappa shape index (κ3) is 3.24. The first-order valence-corrected chi connectivity index (χ1v) is 9.65. The molecule has 0 fully saturated rings. The average Bonchev–Trinajstić information content (AvgIpc) is 3.23. The van der Waals surface area contributed by atoms with Crippen molar-refractivity contribution >= 4 is 40.8 Å². The van der Waals surface area contributed by atoms with Gasteiger partial charge in [-0.3, -0.25) is 5.21 Å². The molecule has 1 N–H and O–H groups in total. The number of anilines is 1. The second kappa shape index (κ2) is 7.16. The molecule has 1 aromatic heterocycles. The Kier molecular flexibility index (Phi) is 4.71. The number of para-hydroxylation sites is 1. The third-order valence-corrected chi connectivity index (χ3v) is 6.23. The van der Waals surface area contributed by atoms with Crippen molar-refractivity contribution in [2.75, 3.05) is 12.3 Å². The molecular weight excluding hydrogens is 384 g/mol. The predicted octanol–water partition coefficient (Wildman–Crippen LogP) is 4.19. The van der Waals surface area contributed by atoms with Gasteiger partial charge in [0.2, 0.25) is 5.69 Å². The van der Waals surface area contributed by atoms with Crippen molar-refractivity contribution in [3.8, 4) is 17.0 Å². The number of fused-ring (bicyclic) bond motifs is 1. The summed E-state index contributed by atoms with van der Waals surface area (Å²) >= 11 is 2.85. The normalized spacial score (nSPS) is 14.5. The lowest BCUT2D eigenvalue weighted by molar-refractivity contribution is -0.588. The van der Waals surface area contributed by atoms with E-state index in [4.69, 9.17) is 9.94 Å². The molecule has 1 aliphatic rings. The lowest BCUT2D eigenvalue weighted by Crippen LogP contribution is -2.40. The zero-order valence-electron chi connectivity index (χ0n) is 14.2. The number of hydrogen-bond acceptors (Lipinski definition) is 7. The number of hydrogen-bond donors (Lipinski definition) is 1. The quantitative estimate of drug-likeness (QED) is 0.403. The van der Waals surface area contributed by atoms with Crippen LogP contribution in [0.15, 0.2) is 63.2 Å². The van der Waals surface area contributed by atoms with E-state index in [0.717, 1.165) is 9.90 Å². The van der Waals surface area contributed by atoms with E-state index in [1.165, 1.54) is 29.2 Å². The SMILES string of the molecule is COc1ccccc1/C=C1\Sc2scc(-c3cccc(N([O-])O)c3)[n+]2C1=O. The van der Waals surface area contributed by atoms with E-state index in [2.05, 4.69) is 0 Å². The van der Waals surface area contributed by atoms with Gasteiger partial charge in [0.25, 0.3) is 0 Å². The number of thioether (sulfide) groups is 1. The molecule has 0 saturated heterocycles. The molecule has 2 heterocycles. The maximum absolute atomic E-state index is 13.0. The summed E-state index contributed by atoms with van der Waals surface area (Å²) in [5, 5.41) is 22.0. The number of allylic oxidation sites excluding steroid dienone is 1. The van der Waals surface area contributed by atoms with Gasteiger partial charge < -0.3 is 15.2 Å². The Balaban J connectivity index is 1.73. The Morgan fingerprint density at radius 2 is 2.04 bits per heavy atom. The minimum absolute atomic E-state index is 0.107. The van der Waals surface area contributed by atoms with Crippen LogP contribution in [0, 0.1) is 5.21 Å². The molecular formula is C19H14N2O4S2. The molecule has 0 atom stereocenters. The van der Waals surface area contributed by atoms with Crippen LogP contribution in [0.2, 0.25) is 0 Å². The van der Waals surface area contributed by atoms with Crippen LogP contribution in [-0.4, -0.2) is 18.2 Å². The van der Waals surface area contributed by atoms with Crippen molar-refractivity contribution in [3.05, 3.63) is 69.6 Å². The largest absolute Gasteiger partial charge is 0.733 e. The number of ether oxygens (including phenoxy) is 1. The fourth-order valence-corrected chi connectivity index (χ4v) is 4.99.